The van der Waals surface area contributed by atoms with Crippen LogP contribution in [0.25, 0.3) is 0 Å². The average Bonchev–Trinajstić information content (AvgIpc) is 2.45. The topological polar surface area (TPSA) is 84.3 Å². The highest BCUT2D eigenvalue weighted by molar-refractivity contribution is 5.98. The molecule has 20 heavy (non-hydrogen) atoms. The van der Waals surface area contributed by atoms with Gasteiger partial charge in [0.05, 0.1) is 4.92 Å². The number of nitrogens with zero attached hydrogens (tertiary/aromatic N) is 1. The van der Waals surface area contributed by atoms with Crippen molar-refractivity contribution in [2.24, 2.45) is 0 Å². The van der Waals surface area contributed by atoms with Crippen LogP contribution in [0.1, 0.15) is 29.6 Å². The summed E-state index contributed by atoms with van der Waals surface area (Å²) in [6.45, 7) is 1.28. The molecule has 108 valence electrons. The van der Waals surface area contributed by atoms with E-state index in [4.69, 9.17) is 0 Å². The lowest BCUT2D eigenvalue weighted by Crippen LogP contribution is -2.43. The summed E-state index contributed by atoms with van der Waals surface area (Å²) in [5.41, 5.74) is -0.633. The van der Waals surface area contributed by atoms with Crippen LogP contribution < -0.4 is 10.6 Å². The zero-order valence-electron chi connectivity index (χ0n) is 10.9. The van der Waals surface area contributed by atoms with Gasteiger partial charge in [0.15, 0.2) is 0 Å². The van der Waals surface area contributed by atoms with E-state index in [1.165, 1.54) is 0 Å². The highest BCUT2D eigenvalue weighted by atomic mass is 19.1. The van der Waals surface area contributed by atoms with Gasteiger partial charge in [-0.2, -0.15) is 0 Å². The molecule has 1 aliphatic rings. The number of halogens is 1. The fourth-order valence-electron chi connectivity index (χ4n) is 2.26. The summed E-state index contributed by atoms with van der Waals surface area (Å²) in [5, 5.41) is 16.7. The Bertz CT molecular complexity index is 516. The molecule has 0 saturated carbocycles. The Morgan fingerprint density at radius 1 is 1.50 bits per heavy atom. The van der Waals surface area contributed by atoms with Gasteiger partial charge >= 0.3 is 0 Å². The van der Waals surface area contributed by atoms with E-state index in [-0.39, 0.29) is 17.3 Å². The first kappa shape index (κ1) is 14.4. The Kier molecular flexibility index (Phi) is 4.62. The van der Waals surface area contributed by atoms with Crippen molar-refractivity contribution in [3.05, 3.63) is 39.7 Å². The second kappa shape index (κ2) is 6.42. The summed E-state index contributed by atoms with van der Waals surface area (Å²) in [4.78, 5) is 22.1. The Labute approximate surface area is 115 Å². The molecule has 1 unspecified atom stereocenters. The number of piperidine rings is 1. The van der Waals surface area contributed by atoms with Crippen molar-refractivity contribution >= 4 is 11.6 Å². The third-order valence-electron chi connectivity index (χ3n) is 3.32. The van der Waals surface area contributed by atoms with Gasteiger partial charge in [0, 0.05) is 18.7 Å². The smallest absolute Gasteiger partial charge is 0.282 e. The molecule has 0 aliphatic carbocycles. The van der Waals surface area contributed by atoms with Crippen LogP contribution in [0.3, 0.4) is 0 Å². The van der Waals surface area contributed by atoms with Crippen LogP contribution in [-0.4, -0.2) is 30.0 Å². The highest BCUT2D eigenvalue weighted by Crippen LogP contribution is 2.19. The van der Waals surface area contributed by atoms with Crippen LogP contribution >= 0.6 is 0 Å². The van der Waals surface area contributed by atoms with E-state index in [1.807, 2.05) is 0 Å². The predicted octanol–water partition coefficient (Wildman–Crippen LogP) is 1.61. The van der Waals surface area contributed by atoms with Crippen LogP contribution in [-0.2, 0) is 0 Å². The Morgan fingerprint density at radius 3 is 2.95 bits per heavy atom. The number of rotatable bonds is 4. The lowest BCUT2D eigenvalue weighted by atomic mass is 10.0. The molecule has 1 atom stereocenters. The second-order valence-corrected chi connectivity index (χ2v) is 4.78. The maximum absolute atomic E-state index is 13.2. The second-order valence-electron chi connectivity index (χ2n) is 4.78. The van der Waals surface area contributed by atoms with Gasteiger partial charge < -0.3 is 10.6 Å². The molecule has 1 saturated heterocycles. The van der Waals surface area contributed by atoms with Gasteiger partial charge in [0.2, 0.25) is 0 Å². The lowest BCUT2D eigenvalue weighted by molar-refractivity contribution is -0.385. The molecule has 0 aromatic heterocycles. The lowest BCUT2D eigenvalue weighted by Gasteiger charge is -2.23. The molecule has 7 heteroatoms. The standard InChI is InChI=1S/C13H16FN3O3/c14-9-4-5-12(17(19)20)11(7-9)13(18)16-8-10-3-1-2-6-15-10/h4-5,7,10,15H,1-3,6,8H2,(H,16,18). The third-order valence-corrected chi connectivity index (χ3v) is 3.32. The van der Waals surface area contributed by atoms with Gasteiger partial charge in [0.1, 0.15) is 11.4 Å². The average molecular weight is 281 g/mol. The number of nitro groups is 1. The molecule has 1 aliphatic heterocycles. The quantitative estimate of drug-likeness (QED) is 0.648. The molecule has 0 spiro atoms. The zero-order chi connectivity index (χ0) is 14.5. The van der Waals surface area contributed by atoms with Crippen molar-refractivity contribution < 1.29 is 14.1 Å². The van der Waals surface area contributed by atoms with Crippen molar-refractivity contribution in [1.29, 1.82) is 0 Å². The maximum atomic E-state index is 13.2. The predicted molar refractivity (Wildman–Crippen MR) is 71.0 cm³/mol. The maximum Gasteiger partial charge on any atom is 0.282 e. The molecule has 1 fully saturated rings. The number of hydrogen-bond acceptors (Lipinski definition) is 4. The normalized spacial score (nSPS) is 18.6. The first-order valence-corrected chi connectivity index (χ1v) is 6.53. The van der Waals surface area contributed by atoms with Gasteiger partial charge in [-0.15, -0.1) is 0 Å². The number of nitrogens with one attached hydrogen (secondary N) is 2. The number of carbonyl (C=O) groups excluding carboxylic acids is 1. The van der Waals surface area contributed by atoms with Crippen molar-refractivity contribution in [2.75, 3.05) is 13.1 Å². The highest BCUT2D eigenvalue weighted by Gasteiger charge is 2.22. The van der Waals surface area contributed by atoms with Crippen LogP contribution in [0.5, 0.6) is 0 Å². The van der Waals surface area contributed by atoms with Crippen LogP contribution in [0.4, 0.5) is 10.1 Å². The summed E-state index contributed by atoms with van der Waals surface area (Å²) in [5.74, 6) is -1.29. The summed E-state index contributed by atoms with van der Waals surface area (Å²) < 4.78 is 13.2. The van der Waals surface area contributed by atoms with Crippen LogP contribution in [0.15, 0.2) is 18.2 Å². The summed E-state index contributed by atoms with van der Waals surface area (Å²) in [6, 6.07) is 3.03. The molecule has 2 rings (SSSR count). The Hall–Kier alpha value is -2.02. The van der Waals surface area contributed by atoms with Crippen molar-refractivity contribution in [3.8, 4) is 0 Å². The summed E-state index contributed by atoms with van der Waals surface area (Å²) in [6.07, 6.45) is 3.15. The van der Waals surface area contributed by atoms with Crippen LogP contribution in [0, 0.1) is 15.9 Å². The minimum absolute atomic E-state index is 0.167. The number of benzene rings is 1. The van der Waals surface area contributed by atoms with E-state index in [2.05, 4.69) is 10.6 Å². The fraction of sp³-hybridized carbons (Fsp3) is 0.462. The molecule has 1 heterocycles. The van der Waals surface area contributed by atoms with Gasteiger partial charge in [-0.3, -0.25) is 14.9 Å². The summed E-state index contributed by atoms with van der Waals surface area (Å²) in [7, 11) is 0. The third kappa shape index (κ3) is 3.51. The van der Waals surface area contributed by atoms with Gasteiger partial charge in [-0.1, -0.05) is 6.42 Å². The Balaban J connectivity index is 2.04. The Morgan fingerprint density at radius 2 is 2.30 bits per heavy atom. The molecular formula is C13H16FN3O3. The van der Waals surface area contributed by atoms with E-state index in [0.29, 0.717) is 6.54 Å². The zero-order valence-corrected chi connectivity index (χ0v) is 10.9. The molecular weight excluding hydrogens is 265 g/mol. The van der Waals surface area contributed by atoms with Crippen LogP contribution in [0.2, 0.25) is 0 Å². The summed E-state index contributed by atoms with van der Waals surface area (Å²) >= 11 is 0. The molecule has 0 radical (unpaired) electrons. The van der Waals surface area contributed by atoms with Crippen molar-refractivity contribution in [1.82, 2.24) is 10.6 Å². The number of carbonyl (C=O) groups is 1. The molecule has 6 nitrogen and oxygen atoms in total. The minimum atomic E-state index is -0.687. The molecule has 1 aromatic rings. The van der Waals surface area contributed by atoms with Crippen molar-refractivity contribution in [2.45, 2.75) is 25.3 Å². The number of nitro benzene ring substituents is 1. The number of amides is 1. The molecule has 1 amide bonds. The monoisotopic (exact) mass is 281 g/mol. The van der Waals surface area contributed by atoms with Crippen molar-refractivity contribution in [3.63, 3.8) is 0 Å². The van der Waals surface area contributed by atoms with E-state index >= 15 is 0 Å². The van der Waals surface area contributed by atoms with Gasteiger partial charge in [0.25, 0.3) is 11.6 Å². The largest absolute Gasteiger partial charge is 0.350 e. The van der Waals surface area contributed by atoms with Gasteiger partial charge in [-0.25, -0.2) is 4.39 Å². The van der Waals surface area contributed by atoms with E-state index in [9.17, 15) is 19.3 Å². The first-order valence-electron chi connectivity index (χ1n) is 6.53. The molecule has 1 aromatic carbocycles. The molecule has 0 bridgehead atoms. The molecule has 2 N–H and O–H groups in total. The first-order chi connectivity index (χ1) is 9.58. The van der Waals surface area contributed by atoms with E-state index in [1.54, 1.807) is 0 Å². The fourth-order valence-corrected chi connectivity index (χ4v) is 2.26. The van der Waals surface area contributed by atoms with E-state index in [0.717, 1.165) is 44.0 Å². The SMILES string of the molecule is O=C(NCC1CCCCN1)c1cc(F)ccc1[N+](=O)[O-]. The van der Waals surface area contributed by atoms with Gasteiger partial charge in [-0.05, 0) is 31.5 Å². The number of hydrogen-bond donors (Lipinski definition) is 2. The minimum Gasteiger partial charge on any atom is -0.350 e. The van der Waals surface area contributed by atoms with E-state index < -0.39 is 16.6 Å².